The summed E-state index contributed by atoms with van der Waals surface area (Å²) < 4.78 is 0. The van der Waals surface area contributed by atoms with Crippen molar-refractivity contribution >= 4 is 17.7 Å². The lowest BCUT2D eigenvalue weighted by Gasteiger charge is -2.24. The van der Waals surface area contributed by atoms with Gasteiger partial charge in [-0.05, 0) is 48.4 Å². The van der Waals surface area contributed by atoms with Gasteiger partial charge in [-0.3, -0.25) is 4.79 Å². The van der Waals surface area contributed by atoms with Crippen LogP contribution >= 0.6 is 0 Å². The first-order valence-corrected chi connectivity index (χ1v) is 12.9. The summed E-state index contributed by atoms with van der Waals surface area (Å²) >= 11 is 0. The van der Waals surface area contributed by atoms with E-state index in [1.807, 2.05) is 24.4 Å². The third-order valence-corrected chi connectivity index (χ3v) is 6.33. The molecule has 0 aliphatic rings. The number of aromatic nitrogens is 2. The molecule has 0 aliphatic carbocycles. The highest BCUT2D eigenvalue weighted by molar-refractivity contribution is 5.81. The topological polar surface area (TPSA) is 162 Å². The molecule has 198 valence electrons. The molecule has 9 heteroatoms. The molecular weight excluding hydrogens is 456 g/mol. The maximum absolute atomic E-state index is 11.6. The van der Waals surface area contributed by atoms with Gasteiger partial charge < -0.3 is 31.9 Å². The Labute approximate surface area is 213 Å². The number of unbranched alkanes of at least 4 members (excludes halogenated alkanes) is 5. The summed E-state index contributed by atoms with van der Waals surface area (Å²) in [5.74, 6) is 0.0770. The summed E-state index contributed by atoms with van der Waals surface area (Å²) in [6.45, 7) is 2.33. The van der Waals surface area contributed by atoms with Crippen molar-refractivity contribution in [3.8, 4) is 0 Å². The average molecular weight is 499 g/mol. The maximum atomic E-state index is 11.6. The molecule has 0 amide bonds. The SMILES string of the molecule is CCCCCCCCC(CCC(Nc1ccc[nH]1)C(=CC(=O)O)CN=C(N)N)Cc1ccc(=O)[nH]c1. The fraction of sp³-hybridized carbons (Fsp3) is 0.519. The first-order chi connectivity index (χ1) is 17.4. The molecular formula is C27H42N6O3. The maximum Gasteiger partial charge on any atom is 0.328 e. The van der Waals surface area contributed by atoms with E-state index < -0.39 is 5.97 Å². The predicted octanol–water partition coefficient (Wildman–Crippen LogP) is 4.16. The predicted molar refractivity (Wildman–Crippen MR) is 146 cm³/mol. The van der Waals surface area contributed by atoms with Crippen LogP contribution in [0.25, 0.3) is 0 Å². The number of carboxylic acids is 1. The largest absolute Gasteiger partial charge is 0.478 e. The fourth-order valence-corrected chi connectivity index (χ4v) is 4.42. The number of carboxylic acid groups (broad SMARTS) is 1. The summed E-state index contributed by atoms with van der Waals surface area (Å²) in [5, 5.41) is 12.9. The third-order valence-electron chi connectivity index (χ3n) is 6.33. The number of hydrogen-bond acceptors (Lipinski definition) is 4. The number of pyridine rings is 1. The molecule has 0 fully saturated rings. The number of aliphatic carboxylic acids is 1. The van der Waals surface area contributed by atoms with Gasteiger partial charge in [-0.1, -0.05) is 57.9 Å². The van der Waals surface area contributed by atoms with Gasteiger partial charge in [-0.2, -0.15) is 0 Å². The molecule has 2 aromatic heterocycles. The van der Waals surface area contributed by atoms with Crippen molar-refractivity contribution in [2.45, 2.75) is 77.2 Å². The van der Waals surface area contributed by atoms with Crippen LogP contribution in [0.3, 0.4) is 0 Å². The quantitative estimate of drug-likeness (QED) is 0.0782. The van der Waals surface area contributed by atoms with E-state index in [2.05, 4.69) is 27.2 Å². The van der Waals surface area contributed by atoms with Crippen LogP contribution in [0.4, 0.5) is 5.82 Å². The third kappa shape index (κ3) is 11.8. The van der Waals surface area contributed by atoms with E-state index in [1.54, 1.807) is 12.3 Å². The number of aliphatic imine (C=N–C) groups is 1. The summed E-state index contributed by atoms with van der Waals surface area (Å²) in [4.78, 5) is 33.0. The first-order valence-electron chi connectivity index (χ1n) is 12.9. The average Bonchev–Trinajstić information content (AvgIpc) is 3.35. The first kappa shape index (κ1) is 28.7. The van der Waals surface area contributed by atoms with E-state index in [0.717, 1.165) is 37.1 Å². The van der Waals surface area contributed by atoms with Gasteiger partial charge in [-0.25, -0.2) is 9.79 Å². The standard InChI is InChI=1S/C27H42N6O3/c1-2-3-4-5-6-7-9-20(16-21-12-14-25(34)31-18-21)11-13-23(33-24-10-8-15-30-24)22(17-26(35)36)19-32-27(28)29/h8,10,12,14-15,17-18,20,23,30,33H,2-7,9,11,13,16,19H2,1H3,(H,31,34)(H,35,36)(H4,28,29,32). The summed E-state index contributed by atoms with van der Waals surface area (Å²) in [5.41, 5.74) is 12.6. The number of hydrogen-bond donors (Lipinski definition) is 6. The molecule has 0 aliphatic heterocycles. The molecule has 0 saturated carbocycles. The summed E-state index contributed by atoms with van der Waals surface area (Å²) in [6.07, 6.45) is 15.7. The second-order valence-electron chi connectivity index (χ2n) is 9.34. The molecule has 36 heavy (non-hydrogen) atoms. The van der Waals surface area contributed by atoms with Crippen molar-refractivity contribution in [3.63, 3.8) is 0 Å². The molecule has 8 N–H and O–H groups in total. The number of aromatic amines is 2. The Bertz CT molecular complexity index is 988. The number of guanidine groups is 1. The lowest BCUT2D eigenvalue weighted by Crippen LogP contribution is -2.28. The molecule has 0 spiro atoms. The van der Waals surface area contributed by atoms with Crippen LogP contribution in [0.5, 0.6) is 0 Å². The number of anilines is 1. The minimum Gasteiger partial charge on any atom is -0.478 e. The van der Waals surface area contributed by atoms with Gasteiger partial charge in [0.1, 0.15) is 5.82 Å². The fourth-order valence-electron chi connectivity index (χ4n) is 4.42. The Morgan fingerprint density at radius 3 is 2.50 bits per heavy atom. The van der Waals surface area contributed by atoms with E-state index in [1.165, 1.54) is 38.2 Å². The zero-order chi connectivity index (χ0) is 26.2. The minimum atomic E-state index is -1.04. The number of carbonyl (C=O) groups is 1. The molecule has 2 unspecified atom stereocenters. The van der Waals surface area contributed by atoms with Crippen LogP contribution in [0.2, 0.25) is 0 Å². The lowest BCUT2D eigenvalue weighted by atomic mass is 9.87. The Kier molecular flexibility index (Phi) is 13.0. The smallest absolute Gasteiger partial charge is 0.328 e. The molecule has 2 rings (SSSR count). The van der Waals surface area contributed by atoms with Crippen molar-refractivity contribution in [1.29, 1.82) is 0 Å². The van der Waals surface area contributed by atoms with Gasteiger partial charge in [0.05, 0.1) is 12.6 Å². The second-order valence-corrected chi connectivity index (χ2v) is 9.34. The van der Waals surface area contributed by atoms with E-state index in [4.69, 9.17) is 11.5 Å². The Morgan fingerprint density at radius 1 is 1.08 bits per heavy atom. The highest BCUT2D eigenvalue weighted by Gasteiger charge is 2.19. The van der Waals surface area contributed by atoms with Gasteiger partial charge in [0.25, 0.3) is 0 Å². The van der Waals surface area contributed by atoms with Crippen LogP contribution in [-0.4, -0.2) is 39.6 Å². The molecule has 0 bridgehead atoms. The molecule has 0 radical (unpaired) electrons. The van der Waals surface area contributed by atoms with E-state index in [9.17, 15) is 14.7 Å². The number of H-pyrrole nitrogens is 2. The number of nitrogens with one attached hydrogen (secondary N) is 3. The van der Waals surface area contributed by atoms with Crippen molar-refractivity contribution in [1.82, 2.24) is 9.97 Å². The van der Waals surface area contributed by atoms with Gasteiger partial charge in [-0.15, -0.1) is 0 Å². The van der Waals surface area contributed by atoms with Crippen molar-refractivity contribution in [3.05, 3.63) is 64.2 Å². The molecule has 0 aromatic carbocycles. The second kappa shape index (κ2) is 16.2. The molecule has 2 atom stereocenters. The van der Waals surface area contributed by atoms with E-state index in [-0.39, 0.29) is 24.1 Å². The van der Waals surface area contributed by atoms with Crippen LogP contribution < -0.4 is 22.3 Å². The van der Waals surface area contributed by atoms with Crippen LogP contribution in [-0.2, 0) is 11.2 Å². The zero-order valence-electron chi connectivity index (χ0n) is 21.3. The normalized spacial score (nSPS) is 13.2. The van der Waals surface area contributed by atoms with Crippen LogP contribution in [0.1, 0.15) is 70.3 Å². The van der Waals surface area contributed by atoms with E-state index >= 15 is 0 Å². The Morgan fingerprint density at radius 2 is 1.86 bits per heavy atom. The van der Waals surface area contributed by atoms with E-state index in [0.29, 0.717) is 17.9 Å². The molecule has 0 saturated heterocycles. The van der Waals surface area contributed by atoms with Gasteiger partial charge >= 0.3 is 5.97 Å². The number of nitrogens with two attached hydrogens (primary N) is 2. The molecule has 2 aromatic rings. The monoisotopic (exact) mass is 498 g/mol. The van der Waals surface area contributed by atoms with Crippen molar-refractivity contribution in [2.24, 2.45) is 22.4 Å². The number of nitrogens with zero attached hydrogens (tertiary/aromatic N) is 1. The van der Waals surface area contributed by atoms with Crippen molar-refractivity contribution in [2.75, 3.05) is 11.9 Å². The number of rotatable bonds is 18. The minimum absolute atomic E-state index is 0.0797. The Hall–Kier alpha value is -3.49. The van der Waals surface area contributed by atoms with Gasteiger partial charge in [0.15, 0.2) is 5.96 Å². The summed E-state index contributed by atoms with van der Waals surface area (Å²) in [6, 6.07) is 6.98. The highest BCUT2D eigenvalue weighted by Crippen LogP contribution is 2.25. The lowest BCUT2D eigenvalue weighted by molar-refractivity contribution is -0.131. The van der Waals surface area contributed by atoms with Gasteiger partial charge in [0, 0.05) is 24.5 Å². The van der Waals surface area contributed by atoms with Crippen LogP contribution in [0, 0.1) is 5.92 Å². The molecule has 2 heterocycles. The highest BCUT2D eigenvalue weighted by atomic mass is 16.4. The Balaban J connectivity index is 2.15. The van der Waals surface area contributed by atoms with Gasteiger partial charge in [0.2, 0.25) is 5.56 Å². The zero-order valence-corrected chi connectivity index (χ0v) is 21.3. The van der Waals surface area contributed by atoms with Crippen molar-refractivity contribution < 1.29 is 9.90 Å². The summed E-state index contributed by atoms with van der Waals surface area (Å²) in [7, 11) is 0. The van der Waals surface area contributed by atoms with Crippen LogP contribution in [0.15, 0.2) is 58.1 Å². The molecule has 9 nitrogen and oxygen atoms in total.